The van der Waals surface area contributed by atoms with Crippen molar-refractivity contribution >= 4 is 0 Å². The van der Waals surface area contributed by atoms with Gasteiger partial charge in [-0.3, -0.25) is 0 Å². The molecule has 2 N–H and O–H groups in total. The summed E-state index contributed by atoms with van der Waals surface area (Å²) in [6.45, 7) is 4.17. The van der Waals surface area contributed by atoms with Crippen molar-refractivity contribution in [3.63, 3.8) is 0 Å². The van der Waals surface area contributed by atoms with E-state index >= 15 is 0 Å². The van der Waals surface area contributed by atoms with Crippen LogP contribution in [0.1, 0.15) is 50.9 Å². The molecule has 1 unspecified atom stereocenters. The number of aryl methyl sites for hydroxylation is 1. The summed E-state index contributed by atoms with van der Waals surface area (Å²) in [6, 6.07) is -0.0700. The van der Waals surface area contributed by atoms with Crippen LogP contribution in [0.25, 0.3) is 0 Å². The van der Waals surface area contributed by atoms with Gasteiger partial charge in [0, 0.05) is 6.42 Å². The number of nitrogens with two attached hydrogens (primary N) is 1. The van der Waals surface area contributed by atoms with Gasteiger partial charge in [0.25, 0.3) is 0 Å². The SMILES string of the molecule is CCCc1nc(C(N)CCC)no1. The molecular weight excluding hydrogens is 166 g/mol. The van der Waals surface area contributed by atoms with E-state index in [-0.39, 0.29) is 6.04 Å². The predicted molar refractivity (Wildman–Crippen MR) is 50.1 cm³/mol. The lowest BCUT2D eigenvalue weighted by molar-refractivity contribution is 0.367. The zero-order valence-corrected chi connectivity index (χ0v) is 8.29. The molecule has 1 rings (SSSR count). The average Bonchev–Trinajstić information content (AvgIpc) is 2.54. The van der Waals surface area contributed by atoms with Crippen LogP contribution in [0.5, 0.6) is 0 Å². The third-order valence-corrected chi connectivity index (χ3v) is 1.88. The number of nitrogens with zero attached hydrogens (tertiary/aromatic N) is 2. The Morgan fingerprint density at radius 2 is 2.15 bits per heavy atom. The van der Waals surface area contributed by atoms with Crippen molar-refractivity contribution < 1.29 is 4.52 Å². The molecule has 74 valence electrons. The van der Waals surface area contributed by atoms with Gasteiger partial charge in [-0.25, -0.2) is 0 Å². The van der Waals surface area contributed by atoms with Gasteiger partial charge in [-0.2, -0.15) is 4.98 Å². The summed E-state index contributed by atoms with van der Waals surface area (Å²) in [5, 5.41) is 3.84. The lowest BCUT2D eigenvalue weighted by Crippen LogP contribution is -2.11. The molecule has 0 amide bonds. The van der Waals surface area contributed by atoms with Crippen molar-refractivity contribution in [1.29, 1.82) is 0 Å². The van der Waals surface area contributed by atoms with Gasteiger partial charge in [0.05, 0.1) is 6.04 Å². The van der Waals surface area contributed by atoms with Gasteiger partial charge >= 0.3 is 0 Å². The van der Waals surface area contributed by atoms with Crippen LogP contribution in [-0.2, 0) is 6.42 Å². The fourth-order valence-corrected chi connectivity index (χ4v) is 1.17. The van der Waals surface area contributed by atoms with E-state index in [1.807, 2.05) is 0 Å². The fourth-order valence-electron chi connectivity index (χ4n) is 1.17. The largest absolute Gasteiger partial charge is 0.339 e. The molecule has 0 aromatic carbocycles. The lowest BCUT2D eigenvalue weighted by atomic mass is 10.2. The molecule has 0 spiro atoms. The Morgan fingerprint density at radius 3 is 2.77 bits per heavy atom. The number of hydrogen-bond donors (Lipinski definition) is 1. The van der Waals surface area contributed by atoms with Crippen molar-refractivity contribution in [2.45, 2.75) is 45.6 Å². The van der Waals surface area contributed by atoms with Crippen LogP contribution < -0.4 is 5.73 Å². The van der Waals surface area contributed by atoms with Gasteiger partial charge in [0.15, 0.2) is 5.82 Å². The van der Waals surface area contributed by atoms with Gasteiger partial charge < -0.3 is 10.3 Å². The Labute approximate surface area is 78.5 Å². The monoisotopic (exact) mass is 183 g/mol. The molecule has 0 aliphatic rings. The molecule has 1 atom stereocenters. The maximum atomic E-state index is 5.83. The highest BCUT2D eigenvalue weighted by Crippen LogP contribution is 2.12. The lowest BCUT2D eigenvalue weighted by Gasteiger charge is -2.02. The maximum Gasteiger partial charge on any atom is 0.226 e. The second-order valence-corrected chi connectivity index (χ2v) is 3.19. The van der Waals surface area contributed by atoms with Crippen LogP contribution in [-0.4, -0.2) is 10.1 Å². The van der Waals surface area contributed by atoms with E-state index in [1.165, 1.54) is 0 Å². The Balaban J connectivity index is 2.56. The molecule has 0 fully saturated rings. The van der Waals surface area contributed by atoms with Crippen LogP contribution in [0.4, 0.5) is 0 Å². The van der Waals surface area contributed by atoms with Crippen molar-refractivity contribution in [2.75, 3.05) is 0 Å². The average molecular weight is 183 g/mol. The van der Waals surface area contributed by atoms with E-state index in [1.54, 1.807) is 0 Å². The van der Waals surface area contributed by atoms with Crippen LogP contribution in [0.15, 0.2) is 4.52 Å². The molecule has 4 heteroatoms. The van der Waals surface area contributed by atoms with Gasteiger partial charge in [-0.05, 0) is 12.8 Å². The van der Waals surface area contributed by atoms with Crippen molar-refractivity contribution in [3.05, 3.63) is 11.7 Å². The molecule has 13 heavy (non-hydrogen) atoms. The highest BCUT2D eigenvalue weighted by atomic mass is 16.5. The Bertz CT molecular complexity index is 247. The summed E-state index contributed by atoms with van der Waals surface area (Å²) in [5.74, 6) is 1.34. The summed E-state index contributed by atoms with van der Waals surface area (Å²) < 4.78 is 5.03. The molecule has 0 saturated heterocycles. The van der Waals surface area contributed by atoms with E-state index in [0.29, 0.717) is 11.7 Å². The third-order valence-electron chi connectivity index (χ3n) is 1.88. The summed E-state index contributed by atoms with van der Waals surface area (Å²) >= 11 is 0. The second-order valence-electron chi connectivity index (χ2n) is 3.19. The van der Waals surface area contributed by atoms with Crippen molar-refractivity contribution in [1.82, 2.24) is 10.1 Å². The first-order valence-electron chi connectivity index (χ1n) is 4.86. The molecule has 0 aliphatic heterocycles. The van der Waals surface area contributed by atoms with Crippen LogP contribution in [0.3, 0.4) is 0 Å². The van der Waals surface area contributed by atoms with Crippen LogP contribution in [0.2, 0.25) is 0 Å². The van der Waals surface area contributed by atoms with Crippen LogP contribution in [0, 0.1) is 0 Å². The number of rotatable bonds is 5. The summed E-state index contributed by atoms with van der Waals surface area (Å²) in [7, 11) is 0. The maximum absolute atomic E-state index is 5.83. The predicted octanol–water partition coefficient (Wildman–Crippen LogP) is 1.82. The minimum Gasteiger partial charge on any atom is -0.339 e. The van der Waals surface area contributed by atoms with E-state index < -0.39 is 0 Å². The van der Waals surface area contributed by atoms with Crippen LogP contribution >= 0.6 is 0 Å². The Morgan fingerprint density at radius 1 is 1.38 bits per heavy atom. The molecule has 0 aliphatic carbocycles. The molecule has 0 saturated carbocycles. The van der Waals surface area contributed by atoms with E-state index in [4.69, 9.17) is 10.3 Å². The van der Waals surface area contributed by atoms with Gasteiger partial charge in [-0.15, -0.1) is 0 Å². The topological polar surface area (TPSA) is 64.9 Å². The van der Waals surface area contributed by atoms with E-state index in [9.17, 15) is 0 Å². The minimum atomic E-state index is -0.0700. The molecule has 4 nitrogen and oxygen atoms in total. The zero-order chi connectivity index (χ0) is 9.68. The fraction of sp³-hybridized carbons (Fsp3) is 0.778. The van der Waals surface area contributed by atoms with E-state index in [0.717, 1.165) is 25.7 Å². The van der Waals surface area contributed by atoms with Gasteiger partial charge in [-0.1, -0.05) is 25.4 Å². The summed E-state index contributed by atoms with van der Waals surface area (Å²) in [5.41, 5.74) is 5.83. The minimum absolute atomic E-state index is 0.0700. The molecule has 1 aromatic heterocycles. The molecule has 0 radical (unpaired) electrons. The quantitative estimate of drug-likeness (QED) is 0.756. The number of hydrogen-bond acceptors (Lipinski definition) is 4. The summed E-state index contributed by atoms with van der Waals surface area (Å²) in [6.07, 6.45) is 3.81. The first-order chi connectivity index (χ1) is 6.27. The smallest absolute Gasteiger partial charge is 0.226 e. The molecule has 1 aromatic rings. The van der Waals surface area contributed by atoms with E-state index in [2.05, 4.69) is 24.0 Å². The van der Waals surface area contributed by atoms with Crippen molar-refractivity contribution in [3.8, 4) is 0 Å². The Kier molecular flexibility index (Phi) is 3.89. The van der Waals surface area contributed by atoms with Gasteiger partial charge in [0.1, 0.15) is 0 Å². The highest BCUT2D eigenvalue weighted by molar-refractivity contribution is 4.92. The highest BCUT2D eigenvalue weighted by Gasteiger charge is 2.12. The molecule has 0 bridgehead atoms. The summed E-state index contributed by atoms with van der Waals surface area (Å²) in [4.78, 5) is 4.22. The first kappa shape index (κ1) is 10.2. The Hall–Kier alpha value is -0.900. The third kappa shape index (κ3) is 2.81. The molecule has 1 heterocycles. The normalized spacial score (nSPS) is 13.2. The second kappa shape index (κ2) is 4.97. The first-order valence-corrected chi connectivity index (χ1v) is 4.86. The molecular formula is C9H17N3O. The number of aromatic nitrogens is 2. The zero-order valence-electron chi connectivity index (χ0n) is 8.29. The van der Waals surface area contributed by atoms with Crippen molar-refractivity contribution in [2.24, 2.45) is 5.73 Å². The van der Waals surface area contributed by atoms with Gasteiger partial charge in [0.2, 0.25) is 5.89 Å². The standard InChI is InChI=1S/C9H17N3O/c1-3-5-7(10)9-11-8(6-4-2)13-12-9/h7H,3-6,10H2,1-2H3.